The lowest BCUT2D eigenvalue weighted by atomic mass is 9.73. The highest BCUT2D eigenvalue weighted by molar-refractivity contribution is 6.06. The molecule has 1 N–H and O–H groups in total. The highest BCUT2D eigenvalue weighted by Crippen LogP contribution is 2.54. The third-order valence-electron chi connectivity index (χ3n) is 8.35. The van der Waals surface area contributed by atoms with Crippen LogP contribution in [0.2, 0.25) is 0 Å². The molecule has 12 heteroatoms. The Morgan fingerprint density at radius 2 is 1.70 bits per heavy atom. The predicted molar refractivity (Wildman–Crippen MR) is 135 cm³/mol. The summed E-state index contributed by atoms with van der Waals surface area (Å²) in [5, 5.41) is 2.70. The summed E-state index contributed by atoms with van der Waals surface area (Å²) in [5.41, 5.74) is -0.902. The molecule has 4 aliphatic rings. The van der Waals surface area contributed by atoms with Gasteiger partial charge in [0.2, 0.25) is 11.9 Å². The van der Waals surface area contributed by atoms with Crippen molar-refractivity contribution in [3.05, 3.63) is 65.7 Å². The van der Waals surface area contributed by atoms with E-state index in [0.717, 1.165) is 18.2 Å². The first kappa shape index (κ1) is 26.5. The van der Waals surface area contributed by atoms with Gasteiger partial charge in [0.15, 0.2) is 0 Å². The second kappa shape index (κ2) is 9.74. The Bertz CT molecular complexity index is 1430. The van der Waals surface area contributed by atoms with Crippen molar-refractivity contribution in [2.24, 2.45) is 5.92 Å². The van der Waals surface area contributed by atoms with Gasteiger partial charge >= 0.3 is 0 Å². The van der Waals surface area contributed by atoms with Crippen LogP contribution in [-0.4, -0.2) is 45.3 Å². The summed E-state index contributed by atoms with van der Waals surface area (Å²) in [5.74, 6) is -5.13. The van der Waals surface area contributed by atoms with Crippen LogP contribution in [0, 0.1) is 17.6 Å². The van der Waals surface area contributed by atoms with E-state index < -0.39 is 41.3 Å². The van der Waals surface area contributed by atoms with Crippen LogP contribution >= 0.6 is 0 Å². The largest absolute Gasteiger partial charge is 0.329 e. The van der Waals surface area contributed by atoms with Crippen LogP contribution in [0.4, 0.5) is 38.0 Å². The molecule has 4 heterocycles. The molecule has 6 nitrogen and oxygen atoms in total. The third-order valence-corrected chi connectivity index (χ3v) is 8.35. The summed E-state index contributed by atoms with van der Waals surface area (Å²) in [6, 6.07) is 4.32. The van der Waals surface area contributed by atoms with Gasteiger partial charge < -0.3 is 10.2 Å². The molecule has 2 aliphatic heterocycles. The standard InChI is InChI=1S/C28H25F6N5O/c29-18-1-2-21(30)20(9-18)19-5-8-35-22(16-3-6-28(33,34)7-4-16)23(19)38-24(40)17-12-36-26(37-13-17)39-14-15-10-27(39,11-15)25(31)32/h1-2,5,8-9,12-13,15-16,25H,3-4,6-7,10-11,14H2,(H,38,40). The molecule has 2 bridgehead atoms. The molecule has 0 unspecified atom stereocenters. The monoisotopic (exact) mass is 561 g/mol. The summed E-state index contributed by atoms with van der Waals surface area (Å²) in [7, 11) is 0. The maximum absolute atomic E-state index is 14.8. The number of fused-ring (bicyclic) bond motifs is 1. The van der Waals surface area contributed by atoms with Gasteiger partial charge in [0.1, 0.15) is 17.2 Å². The van der Waals surface area contributed by atoms with E-state index in [9.17, 15) is 31.1 Å². The summed E-state index contributed by atoms with van der Waals surface area (Å²) in [4.78, 5) is 27.5. The van der Waals surface area contributed by atoms with Crippen molar-refractivity contribution in [1.29, 1.82) is 0 Å². The molecule has 0 spiro atoms. The molecule has 4 fully saturated rings. The predicted octanol–water partition coefficient (Wildman–Crippen LogP) is 6.60. The molecular weight excluding hydrogens is 536 g/mol. The highest BCUT2D eigenvalue weighted by Gasteiger charge is 2.62. The number of aromatic nitrogens is 3. The number of hydrogen-bond donors (Lipinski definition) is 1. The number of alkyl halides is 4. The fourth-order valence-electron chi connectivity index (χ4n) is 6.23. The minimum absolute atomic E-state index is 0.00274. The zero-order chi connectivity index (χ0) is 28.2. The summed E-state index contributed by atoms with van der Waals surface area (Å²) < 4.78 is 84.1. The van der Waals surface area contributed by atoms with E-state index in [4.69, 9.17) is 0 Å². The van der Waals surface area contributed by atoms with Gasteiger partial charge in [-0.3, -0.25) is 9.78 Å². The minimum Gasteiger partial charge on any atom is -0.329 e. The fraction of sp³-hybridized carbons (Fsp3) is 0.429. The number of benzene rings is 1. The quantitative estimate of drug-likeness (QED) is 0.344. The Morgan fingerprint density at radius 3 is 2.38 bits per heavy atom. The van der Waals surface area contributed by atoms with Crippen LogP contribution in [0.1, 0.15) is 60.5 Å². The van der Waals surface area contributed by atoms with E-state index in [-0.39, 0.29) is 59.9 Å². The third kappa shape index (κ3) is 4.56. The average Bonchev–Trinajstić information content (AvgIpc) is 3.48. The number of pyridine rings is 1. The van der Waals surface area contributed by atoms with E-state index in [1.54, 1.807) is 0 Å². The van der Waals surface area contributed by atoms with Gasteiger partial charge in [0.05, 0.1) is 16.9 Å². The second-order valence-corrected chi connectivity index (χ2v) is 10.9. The highest BCUT2D eigenvalue weighted by atomic mass is 19.3. The van der Waals surface area contributed by atoms with Crippen molar-refractivity contribution in [1.82, 2.24) is 15.0 Å². The molecule has 2 saturated heterocycles. The molecule has 2 aromatic heterocycles. The van der Waals surface area contributed by atoms with Crippen LogP contribution in [-0.2, 0) is 0 Å². The number of carbonyl (C=O) groups is 1. The van der Waals surface area contributed by atoms with E-state index in [2.05, 4.69) is 20.3 Å². The van der Waals surface area contributed by atoms with E-state index >= 15 is 0 Å². The lowest BCUT2D eigenvalue weighted by Crippen LogP contribution is -2.52. The van der Waals surface area contributed by atoms with Crippen molar-refractivity contribution in [3.63, 3.8) is 0 Å². The summed E-state index contributed by atoms with van der Waals surface area (Å²) >= 11 is 0. The van der Waals surface area contributed by atoms with E-state index in [0.29, 0.717) is 25.1 Å². The zero-order valence-electron chi connectivity index (χ0n) is 21.2. The zero-order valence-corrected chi connectivity index (χ0v) is 21.2. The van der Waals surface area contributed by atoms with Gasteiger partial charge in [-0.2, -0.15) is 0 Å². The number of rotatable bonds is 6. The number of anilines is 2. The maximum atomic E-state index is 14.8. The topological polar surface area (TPSA) is 71.0 Å². The van der Waals surface area contributed by atoms with Crippen molar-refractivity contribution in [3.8, 4) is 11.1 Å². The lowest BCUT2D eigenvalue weighted by molar-refractivity contribution is -0.0384. The molecule has 1 aromatic carbocycles. The van der Waals surface area contributed by atoms with Crippen LogP contribution < -0.4 is 10.2 Å². The van der Waals surface area contributed by atoms with Crippen LogP contribution in [0.5, 0.6) is 0 Å². The fourth-order valence-corrected chi connectivity index (χ4v) is 6.23. The van der Waals surface area contributed by atoms with Crippen molar-refractivity contribution in [2.45, 2.75) is 62.3 Å². The first-order valence-corrected chi connectivity index (χ1v) is 13.1. The molecule has 40 heavy (non-hydrogen) atoms. The number of nitrogens with zero attached hydrogens (tertiary/aromatic N) is 4. The number of carbonyl (C=O) groups excluding carboxylic acids is 1. The Balaban J connectivity index is 1.32. The Labute approximate surface area is 225 Å². The first-order chi connectivity index (χ1) is 19.1. The molecule has 7 rings (SSSR count). The van der Waals surface area contributed by atoms with Crippen LogP contribution in [0.3, 0.4) is 0 Å². The molecular formula is C28H25F6N5O. The van der Waals surface area contributed by atoms with Gasteiger partial charge in [0.25, 0.3) is 12.3 Å². The first-order valence-electron chi connectivity index (χ1n) is 13.1. The molecule has 210 valence electrons. The molecule has 2 aliphatic carbocycles. The van der Waals surface area contributed by atoms with Gasteiger partial charge in [-0.05, 0) is 55.9 Å². The molecule has 0 atom stereocenters. The lowest BCUT2D eigenvalue weighted by Gasteiger charge is -2.41. The summed E-state index contributed by atoms with van der Waals surface area (Å²) in [6.45, 7) is 0.415. The average molecular weight is 562 g/mol. The molecule has 3 aromatic rings. The van der Waals surface area contributed by atoms with Crippen LogP contribution in [0.15, 0.2) is 42.9 Å². The van der Waals surface area contributed by atoms with Gasteiger partial charge in [0, 0.05) is 55.0 Å². The van der Waals surface area contributed by atoms with Gasteiger partial charge in [-0.1, -0.05) is 0 Å². The van der Waals surface area contributed by atoms with Crippen molar-refractivity contribution < 1.29 is 31.1 Å². The molecule has 0 radical (unpaired) electrons. The maximum Gasteiger partial charge on any atom is 0.261 e. The van der Waals surface area contributed by atoms with Gasteiger partial charge in [-0.15, -0.1) is 0 Å². The van der Waals surface area contributed by atoms with E-state index in [1.807, 2.05) is 0 Å². The Kier molecular flexibility index (Phi) is 6.46. The van der Waals surface area contributed by atoms with Gasteiger partial charge in [-0.25, -0.2) is 36.3 Å². The number of halogens is 6. The summed E-state index contributed by atoms with van der Waals surface area (Å²) in [6.07, 6.45) is 1.45. The molecule has 1 amide bonds. The smallest absolute Gasteiger partial charge is 0.261 e. The molecule has 2 saturated carbocycles. The number of amides is 1. The Hall–Kier alpha value is -3.70. The van der Waals surface area contributed by atoms with Crippen molar-refractivity contribution in [2.75, 3.05) is 16.8 Å². The Morgan fingerprint density at radius 1 is 1.00 bits per heavy atom. The second-order valence-electron chi connectivity index (χ2n) is 10.9. The van der Waals surface area contributed by atoms with Crippen molar-refractivity contribution >= 4 is 17.5 Å². The van der Waals surface area contributed by atoms with E-state index in [1.165, 1.54) is 29.6 Å². The minimum atomic E-state index is -2.80. The number of nitrogens with one attached hydrogen (secondary N) is 1. The van der Waals surface area contributed by atoms with Crippen LogP contribution in [0.25, 0.3) is 11.1 Å². The normalized spacial score (nSPS) is 23.8. The number of hydrogen-bond acceptors (Lipinski definition) is 5. The SMILES string of the molecule is O=C(Nc1c(-c2cc(F)ccc2F)ccnc1C1CCC(F)(F)CC1)c1cnc(N2CC3CC2(C(F)F)C3)nc1.